The number of ether oxygens (including phenoxy) is 1. The molecule has 0 spiro atoms. The summed E-state index contributed by atoms with van der Waals surface area (Å²) in [6, 6.07) is 7.25. The molecule has 1 aromatic heterocycles. The number of hydrogen-bond donors (Lipinski definition) is 1. The maximum absolute atomic E-state index is 12.4. The van der Waals surface area contributed by atoms with Gasteiger partial charge in [0.25, 0.3) is 0 Å². The van der Waals surface area contributed by atoms with Crippen LogP contribution in [0.25, 0.3) is 0 Å². The molecule has 0 aliphatic carbocycles. The average molecular weight is 315 g/mol. The van der Waals surface area contributed by atoms with E-state index in [1.165, 1.54) is 0 Å². The van der Waals surface area contributed by atoms with Crippen LogP contribution in [-0.4, -0.2) is 27.0 Å². The summed E-state index contributed by atoms with van der Waals surface area (Å²) in [6.45, 7) is 5.55. The molecule has 0 saturated carbocycles. The van der Waals surface area contributed by atoms with Crippen molar-refractivity contribution in [1.82, 2.24) is 9.55 Å². The van der Waals surface area contributed by atoms with Crippen LogP contribution in [0.5, 0.6) is 0 Å². The van der Waals surface area contributed by atoms with E-state index in [1.54, 1.807) is 50.1 Å². The number of hydrogen-bond acceptors (Lipinski definition) is 4. The van der Waals surface area contributed by atoms with Crippen molar-refractivity contribution in [2.45, 2.75) is 32.3 Å². The highest BCUT2D eigenvalue weighted by Crippen LogP contribution is 2.31. The number of ketones is 1. The lowest BCUT2D eigenvalue weighted by atomic mass is 9.85. The molecule has 0 bridgehead atoms. The van der Waals surface area contributed by atoms with Crippen LogP contribution in [0.15, 0.2) is 36.8 Å². The van der Waals surface area contributed by atoms with Gasteiger partial charge in [0.05, 0.1) is 12.5 Å². The zero-order chi connectivity index (χ0) is 17.2. The number of aromatic nitrogens is 2. The number of carbonyl (C=O) groups is 2. The predicted molar refractivity (Wildman–Crippen MR) is 86.2 cm³/mol. The molecule has 0 radical (unpaired) electrons. The highest BCUT2D eigenvalue weighted by Gasteiger charge is 2.30. The highest BCUT2D eigenvalue weighted by molar-refractivity contribution is 6.07. The Morgan fingerprint density at radius 2 is 1.87 bits per heavy atom. The molecule has 1 amide bonds. The number of benzene rings is 1. The van der Waals surface area contributed by atoms with Crippen molar-refractivity contribution < 1.29 is 14.3 Å². The zero-order valence-corrected chi connectivity index (χ0v) is 13.7. The summed E-state index contributed by atoms with van der Waals surface area (Å²) < 4.78 is 6.85. The summed E-state index contributed by atoms with van der Waals surface area (Å²) >= 11 is 0. The lowest BCUT2D eigenvalue weighted by Gasteiger charge is -2.31. The fourth-order valence-corrected chi connectivity index (χ4v) is 2.40. The van der Waals surface area contributed by atoms with E-state index in [2.05, 4.69) is 4.98 Å². The van der Waals surface area contributed by atoms with Gasteiger partial charge in [0, 0.05) is 18.5 Å². The molecule has 6 nitrogen and oxygen atoms in total. The molecule has 2 rings (SSSR count). The first kappa shape index (κ1) is 16.7. The molecule has 2 aromatic rings. The topological polar surface area (TPSA) is 87.2 Å². The second kappa shape index (κ2) is 6.24. The molecule has 1 unspecified atom stereocenters. The summed E-state index contributed by atoms with van der Waals surface area (Å²) in [5.41, 5.74) is 6.44. The van der Waals surface area contributed by atoms with Crippen molar-refractivity contribution in [3.63, 3.8) is 0 Å². The number of nitrogens with zero attached hydrogens (tertiary/aromatic N) is 2. The monoisotopic (exact) mass is 315 g/mol. The van der Waals surface area contributed by atoms with Crippen molar-refractivity contribution in [1.29, 1.82) is 0 Å². The first-order chi connectivity index (χ1) is 10.7. The summed E-state index contributed by atoms with van der Waals surface area (Å²) in [6.07, 6.45) is 2.33. The molecule has 6 heteroatoms. The Labute approximate surface area is 135 Å². The van der Waals surface area contributed by atoms with Crippen molar-refractivity contribution >= 4 is 11.9 Å². The Kier molecular flexibility index (Phi) is 4.54. The number of carbonyl (C=O) groups excluding carboxylic acids is 2. The molecule has 0 saturated heterocycles. The van der Waals surface area contributed by atoms with Gasteiger partial charge in [-0.05, 0) is 19.4 Å². The second-order valence-corrected chi connectivity index (χ2v) is 6.09. The number of rotatable bonds is 5. The minimum absolute atomic E-state index is 0.0733. The molecule has 1 heterocycles. The molecule has 0 aliphatic heterocycles. The third-order valence-electron chi connectivity index (χ3n) is 4.13. The van der Waals surface area contributed by atoms with E-state index in [0.29, 0.717) is 11.3 Å². The smallest absolute Gasteiger partial charge is 0.405 e. The van der Waals surface area contributed by atoms with E-state index in [0.717, 1.165) is 5.56 Å². The highest BCUT2D eigenvalue weighted by atomic mass is 16.6. The third kappa shape index (κ3) is 3.59. The standard InChI is InChI=1S/C17H21N3O3/c1-11(17(2,3)23-16(18)22)12-5-7-13(8-6-12)15(21)14-9-19-10-20(14)4/h5-11H,1-4H3,(H2,18,22). The largest absolute Gasteiger partial charge is 0.443 e. The summed E-state index contributed by atoms with van der Waals surface area (Å²) in [5.74, 6) is -0.160. The third-order valence-corrected chi connectivity index (χ3v) is 4.13. The van der Waals surface area contributed by atoms with E-state index in [1.807, 2.05) is 19.1 Å². The van der Waals surface area contributed by atoms with Gasteiger partial charge in [-0.2, -0.15) is 0 Å². The molecular formula is C17H21N3O3. The van der Waals surface area contributed by atoms with Crippen molar-refractivity contribution in [3.8, 4) is 0 Å². The first-order valence-corrected chi connectivity index (χ1v) is 7.32. The quantitative estimate of drug-likeness (QED) is 0.859. The van der Waals surface area contributed by atoms with Gasteiger partial charge >= 0.3 is 6.09 Å². The van der Waals surface area contributed by atoms with E-state index in [9.17, 15) is 9.59 Å². The summed E-state index contributed by atoms with van der Waals surface area (Å²) in [5, 5.41) is 0. The van der Waals surface area contributed by atoms with Crippen molar-refractivity contribution in [3.05, 3.63) is 53.6 Å². The fraction of sp³-hybridized carbons (Fsp3) is 0.353. The number of amides is 1. The van der Waals surface area contributed by atoms with Gasteiger partial charge in [-0.1, -0.05) is 31.2 Å². The van der Waals surface area contributed by atoms with Gasteiger partial charge in [0.1, 0.15) is 11.3 Å². The van der Waals surface area contributed by atoms with Crippen LogP contribution in [0, 0.1) is 0 Å². The predicted octanol–water partition coefficient (Wildman–Crippen LogP) is 2.63. The molecule has 2 N–H and O–H groups in total. The van der Waals surface area contributed by atoms with Crippen molar-refractivity contribution in [2.24, 2.45) is 12.8 Å². The molecule has 1 atom stereocenters. The van der Waals surface area contributed by atoms with Crippen LogP contribution in [0.2, 0.25) is 0 Å². The van der Waals surface area contributed by atoms with Gasteiger partial charge < -0.3 is 15.0 Å². The maximum atomic E-state index is 12.4. The van der Waals surface area contributed by atoms with Gasteiger partial charge in [-0.25, -0.2) is 9.78 Å². The molecule has 122 valence electrons. The van der Waals surface area contributed by atoms with Crippen LogP contribution in [-0.2, 0) is 11.8 Å². The molecule has 0 aliphatic rings. The Morgan fingerprint density at radius 3 is 2.35 bits per heavy atom. The van der Waals surface area contributed by atoms with Crippen LogP contribution >= 0.6 is 0 Å². The SMILES string of the molecule is CC(c1ccc(C(=O)c2cncn2C)cc1)C(C)(C)OC(N)=O. The van der Waals surface area contributed by atoms with E-state index >= 15 is 0 Å². The zero-order valence-electron chi connectivity index (χ0n) is 13.7. The molecule has 23 heavy (non-hydrogen) atoms. The normalized spacial score (nSPS) is 12.7. The van der Waals surface area contributed by atoms with Gasteiger partial charge in [-0.3, -0.25) is 4.79 Å². The summed E-state index contributed by atoms with van der Waals surface area (Å²) in [7, 11) is 1.78. The number of imidazole rings is 1. The minimum atomic E-state index is -0.801. The van der Waals surface area contributed by atoms with Gasteiger partial charge in [-0.15, -0.1) is 0 Å². The van der Waals surface area contributed by atoms with E-state index in [-0.39, 0.29) is 11.7 Å². The molecule has 0 fully saturated rings. The molecular weight excluding hydrogens is 294 g/mol. The Balaban J connectivity index is 2.21. The number of aryl methyl sites for hydroxylation is 1. The lowest BCUT2D eigenvalue weighted by molar-refractivity contribution is 0.0281. The van der Waals surface area contributed by atoms with Gasteiger partial charge in [0.15, 0.2) is 0 Å². The van der Waals surface area contributed by atoms with Gasteiger partial charge in [0.2, 0.25) is 5.78 Å². The van der Waals surface area contributed by atoms with Crippen LogP contribution in [0.3, 0.4) is 0 Å². The second-order valence-electron chi connectivity index (χ2n) is 6.09. The van der Waals surface area contributed by atoms with Crippen LogP contribution in [0.1, 0.15) is 48.3 Å². The summed E-state index contributed by atoms with van der Waals surface area (Å²) in [4.78, 5) is 27.4. The van der Waals surface area contributed by atoms with Crippen LogP contribution < -0.4 is 5.73 Å². The Hall–Kier alpha value is -2.63. The minimum Gasteiger partial charge on any atom is -0.443 e. The lowest BCUT2D eigenvalue weighted by Crippen LogP contribution is -2.36. The maximum Gasteiger partial charge on any atom is 0.405 e. The molecule has 1 aromatic carbocycles. The Bertz CT molecular complexity index is 717. The average Bonchev–Trinajstić information content (AvgIpc) is 2.90. The van der Waals surface area contributed by atoms with E-state index in [4.69, 9.17) is 10.5 Å². The number of primary amides is 1. The van der Waals surface area contributed by atoms with E-state index < -0.39 is 11.7 Å². The van der Waals surface area contributed by atoms with Crippen LogP contribution in [0.4, 0.5) is 4.79 Å². The first-order valence-electron chi connectivity index (χ1n) is 7.32. The Morgan fingerprint density at radius 1 is 1.26 bits per heavy atom. The van der Waals surface area contributed by atoms with Crippen molar-refractivity contribution in [2.75, 3.05) is 0 Å². The number of nitrogens with two attached hydrogens (primary N) is 1. The fourth-order valence-electron chi connectivity index (χ4n) is 2.40.